The minimum atomic E-state index is -0.315. The van der Waals surface area contributed by atoms with E-state index in [1.807, 2.05) is 0 Å². The van der Waals surface area contributed by atoms with Crippen LogP contribution in [0.3, 0.4) is 0 Å². The molecule has 41 heavy (non-hydrogen) atoms. The summed E-state index contributed by atoms with van der Waals surface area (Å²) in [5.74, 6) is -0.573. The Morgan fingerprint density at radius 2 is 1.00 bits per heavy atom. The summed E-state index contributed by atoms with van der Waals surface area (Å²) in [7, 11) is 5.65. The van der Waals surface area contributed by atoms with Gasteiger partial charge in [-0.2, -0.15) is 0 Å². The molecule has 0 aromatic carbocycles. The van der Waals surface area contributed by atoms with Crippen LogP contribution in [0.5, 0.6) is 0 Å². The third kappa shape index (κ3) is 9.58. The number of Topliss-reactive ketones (excluding diaryl/α,β-unsaturated/α-hetero) is 3. The summed E-state index contributed by atoms with van der Waals surface area (Å²) in [5, 5.41) is 0. The Labute approximate surface area is 244 Å². The number of hydrogen-bond donors (Lipinski definition) is 0. The van der Waals surface area contributed by atoms with Gasteiger partial charge in [0.2, 0.25) is 23.1 Å². The highest BCUT2D eigenvalue weighted by molar-refractivity contribution is 6.23. The minimum absolute atomic E-state index is 0.0805. The molecule has 0 unspecified atom stereocenters. The predicted molar refractivity (Wildman–Crippen MR) is 157 cm³/mol. The van der Waals surface area contributed by atoms with Crippen LogP contribution in [0.1, 0.15) is 96.8 Å². The molecule has 0 saturated heterocycles. The number of carbonyl (C=O) groups excluding carboxylic acids is 4. The predicted octanol–water partition coefficient (Wildman–Crippen LogP) is 6.56. The molecule has 0 aliphatic heterocycles. The normalized spacial score (nSPS) is 16.3. The molecular weight excluding hydrogens is 524 g/mol. The van der Waals surface area contributed by atoms with E-state index in [1.165, 1.54) is 34.5 Å². The molecule has 0 spiro atoms. The summed E-state index contributed by atoms with van der Waals surface area (Å²) >= 11 is 0. The second kappa shape index (κ2) is 18.1. The van der Waals surface area contributed by atoms with Gasteiger partial charge in [0.1, 0.15) is 0 Å². The van der Waals surface area contributed by atoms with Crippen LogP contribution >= 0.6 is 0 Å². The van der Waals surface area contributed by atoms with Crippen LogP contribution in [0.2, 0.25) is 0 Å². The summed E-state index contributed by atoms with van der Waals surface area (Å²) in [6.45, 7) is 1.59. The van der Waals surface area contributed by atoms with Crippen LogP contribution < -0.4 is 0 Å². The quantitative estimate of drug-likeness (QED) is 0.0921. The lowest BCUT2D eigenvalue weighted by Gasteiger charge is -2.20. The van der Waals surface area contributed by atoms with Crippen molar-refractivity contribution in [1.82, 2.24) is 0 Å². The van der Waals surface area contributed by atoms with E-state index < -0.39 is 0 Å². The first-order valence-electron chi connectivity index (χ1n) is 14.7. The van der Waals surface area contributed by atoms with Crippen molar-refractivity contribution in [3.05, 3.63) is 58.0 Å². The Morgan fingerprint density at radius 3 is 1.49 bits per heavy atom. The highest BCUT2D eigenvalue weighted by atomic mass is 16.5. The molecular formula is C33H46O8. The van der Waals surface area contributed by atoms with Crippen LogP contribution in [0.4, 0.5) is 0 Å². The summed E-state index contributed by atoms with van der Waals surface area (Å²) in [6.07, 6.45) is 19.2. The molecule has 0 bridgehead atoms. The van der Waals surface area contributed by atoms with Crippen molar-refractivity contribution in [3.8, 4) is 0 Å². The van der Waals surface area contributed by atoms with Gasteiger partial charge in [-0.3, -0.25) is 19.2 Å². The number of ketones is 4. The average molecular weight is 571 g/mol. The maximum atomic E-state index is 12.7. The molecule has 2 aliphatic carbocycles. The fourth-order valence-corrected chi connectivity index (χ4v) is 5.19. The van der Waals surface area contributed by atoms with E-state index in [4.69, 9.17) is 18.9 Å². The first-order valence-corrected chi connectivity index (χ1v) is 14.7. The molecule has 2 aliphatic rings. The molecule has 8 heteroatoms. The maximum Gasteiger partial charge on any atom is 0.227 e. The number of hydrogen-bond acceptors (Lipinski definition) is 8. The second-order valence-electron chi connectivity index (χ2n) is 10.3. The molecule has 0 heterocycles. The fourth-order valence-electron chi connectivity index (χ4n) is 5.19. The molecule has 0 radical (unpaired) electrons. The highest BCUT2D eigenvalue weighted by Gasteiger charge is 2.34. The molecule has 8 nitrogen and oxygen atoms in total. The minimum Gasteiger partial charge on any atom is -0.493 e. The summed E-state index contributed by atoms with van der Waals surface area (Å²) < 4.78 is 20.6. The van der Waals surface area contributed by atoms with Gasteiger partial charge in [-0.25, -0.2) is 0 Å². The summed E-state index contributed by atoms with van der Waals surface area (Å²) in [4.78, 5) is 49.7. The lowest BCUT2D eigenvalue weighted by Crippen LogP contribution is -2.25. The summed E-state index contributed by atoms with van der Waals surface area (Å²) in [5.41, 5.74) is 1.14. The van der Waals surface area contributed by atoms with Gasteiger partial charge in [0.05, 0.1) is 28.4 Å². The number of allylic oxidation sites excluding steroid dienone is 6. The molecule has 0 aromatic heterocycles. The van der Waals surface area contributed by atoms with Gasteiger partial charge in [0.15, 0.2) is 23.0 Å². The molecule has 0 N–H and O–H groups in total. The molecule has 0 fully saturated rings. The summed E-state index contributed by atoms with van der Waals surface area (Å²) in [6, 6.07) is 0. The van der Waals surface area contributed by atoms with Crippen LogP contribution in [-0.4, -0.2) is 51.6 Å². The van der Waals surface area contributed by atoms with Crippen molar-refractivity contribution in [2.24, 2.45) is 0 Å². The number of ether oxygens (including phenoxy) is 4. The Kier molecular flexibility index (Phi) is 14.9. The third-order valence-corrected chi connectivity index (χ3v) is 7.49. The van der Waals surface area contributed by atoms with E-state index in [9.17, 15) is 19.2 Å². The van der Waals surface area contributed by atoms with Gasteiger partial charge < -0.3 is 18.9 Å². The van der Waals surface area contributed by atoms with Crippen LogP contribution in [0.25, 0.3) is 0 Å². The van der Waals surface area contributed by atoms with Crippen LogP contribution in [-0.2, 0) is 38.1 Å². The lowest BCUT2D eigenvalue weighted by molar-refractivity contribution is -0.120. The largest absolute Gasteiger partial charge is 0.493 e. The number of unbranched alkanes of at least 4 members (excludes halogenated alkanes) is 10. The molecule has 0 atom stereocenters. The fraction of sp³-hybridized carbons (Fsp3) is 0.576. The SMILES string of the molecule is COC1=CC(=O)C(OC)=C(CCCCCCC/C=C\CCCCCCCC2=C(OC)C(=O)C(C)=C(OC)C2=O)C1=O. The second-order valence-corrected chi connectivity index (χ2v) is 10.3. The average Bonchev–Trinajstić information content (AvgIpc) is 2.97. The number of rotatable bonds is 20. The topological polar surface area (TPSA) is 105 Å². The molecule has 0 amide bonds. The van der Waals surface area contributed by atoms with Crippen molar-refractivity contribution in [3.63, 3.8) is 0 Å². The standard InChI is InChI=1S/C33H46O8/c1-23-28(35)33(41-5)25(30(37)31(23)39-3)21-19-17-15-13-11-9-7-6-8-10-12-14-16-18-20-24-29(36)27(38-2)22-26(34)32(24)40-4/h6-7,22H,8-21H2,1-5H3/b7-6-. The van der Waals surface area contributed by atoms with Crippen molar-refractivity contribution >= 4 is 23.1 Å². The van der Waals surface area contributed by atoms with Crippen molar-refractivity contribution in [2.45, 2.75) is 96.8 Å². The molecule has 0 saturated carbocycles. The zero-order valence-electron chi connectivity index (χ0n) is 25.4. The molecule has 226 valence electrons. The van der Waals surface area contributed by atoms with Crippen LogP contribution in [0, 0.1) is 0 Å². The molecule has 2 rings (SSSR count). The van der Waals surface area contributed by atoms with Gasteiger partial charge >= 0.3 is 0 Å². The third-order valence-electron chi connectivity index (χ3n) is 7.49. The Balaban J connectivity index is 1.51. The van der Waals surface area contributed by atoms with Gasteiger partial charge in [0, 0.05) is 22.8 Å². The van der Waals surface area contributed by atoms with E-state index in [0.717, 1.165) is 77.0 Å². The van der Waals surface area contributed by atoms with E-state index in [2.05, 4.69) is 12.2 Å². The Bertz CT molecular complexity index is 1120. The first-order chi connectivity index (χ1) is 19.8. The Morgan fingerprint density at radius 1 is 0.537 bits per heavy atom. The zero-order valence-corrected chi connectivity index (χ0v) is 25.4. The first kappa shape index (κ1) is 33.8. The maximum absolute atomic E-state index is 12.7. The Hall–Kier alpha value is -3.42. The van der Waals surface area contributed by atoms with Crippen LogP contribution in [0.15, 0.2) is 58.0 Å². The smallest absolute Gasteiger partial charge is 0.227 e. The van der Waals surface area contributed by atoms with Gasteiger partial charge in [-0.1, -0.05) is 50.7 Å². The monoisotopic (exact) mass is 570 g/mol. The van der Waals surface area contributed by atoms with E-state index in [1.54, 1.807) is 6.92 Å². The number of carbonyl (C=O) groups is 4. The van der Waals surface area contributed by atoms with Crippen molar-refractivity contribution in [2.75, 3.05) is 28.4 Å². The van der Waals surface area contributed by atoms with Gasteiger partial charge in [0.25, 0.3) is 0 Å². The van der Waals surface area contributed by atoms with E-state index >= 15 is 0 Å². The molecule has 0 aromatic rings. The van der Waals surface area contributed by atoms with Gasteiger partial charge in [-0.15, -0.1) is 0 Å². The highest BCUT2D eigenvalue weighted by Crippen LogP contribution is 2.29. The van der Waals surface area contributed by atoms with Gasteiger partial charge in [-0.05, 0) is 58.3 Å². The zero-order chi connectivity index (χ0) is 30.2. The lowest BCUT2D eigenvalue weighted by atomic mass is 9.90. The number of methoxy groups -OCH3 is 4. The van der Waals surface area contributed by atoms with E-state index in [-0.39, 0.29) is 46.2 Å². The van der Waals surface area contributed by atoms with E-state index in [0.29, 0.717) is 29.6 Å². The van der Waals surface area contributed by atoms with Crippen molar-refractivity contribution in [1.29, 1.82) is 0 Å². The van der Waals surface area contributed by atoms with Crippen molar-refractivity contribution < 1.29 is 38.1 Å².